The Morgan fingerprint density at radius 3 is 2.58 bits per heavy atom. The van der Waals surface area contributed by atoms with Crippen molar-refractivity contribution in [3.8, 4) is 0 Å². The van der Waals surface area contributed by atoms with E-state index in [0.717, 1.165) is 0 Å². The van der Waals surface area contributed by atoms with Crippen molar-refractivity contribution in [3.05, 3.63) is 28.8 Å². The Balaban J connectivity index is 2.64. The molecule has 0 N–H and O–H groups in total. The molecule has 0 saturated heterocycles. The third-order valence-electron chi connectivity index (χ3n) is 1.16. The molecule has 0 saturated carbocycles. The van der Waals surface area contributed by atoms with Gasteiger partial charge in [0.15, 0.2) is 0 Å². The molecule has 0 unspecified atom stereocenters. The van der Waals surface area contributed by atoms with E-state index >= 15 is 0 Å². The molecule has 1 nitrogen and oxygen atoms in total. The van der Waals surface area contributed by atoms with Gasteiger partial charge in [0.05, 0.1) is 4.48 Å². The van der Waals surface area contributed by atoms with Crippen LogP contribution in [0.5, 0.6) is 0 Å². The van der Waals surface area contributed by atoms with Gasteiger partial charge < -0.3 is 4.74 Å². The monoisotopic (exact) mass is 241 g/mol. The summed E-state index contributed by atoms with van der Waals surface area (Å²) in [6, 6.07) is 0. The molecule has 0 heterocycles. The van der Waals surface area contributed by atoms with Crippen LogP contribution in [0.25, 0.3) is 0 Å². The maximum absolute atomic E-state index is 11.7. The van der Waals surface area contributed by atoms with Gasteiger partial charge in [-0.05, 0) is 34.8 Å². The van der Waals surface area contributed by atoms with Gasteiger partial charge in [-0.15, -0.1) is 13.2 Å². The second-order valence-corrected chi connectivity index (χ2v) is 2.96. The molecule has 1 radical (unpaired) electrons. The van der Waals surface area contributed by atoms with Gasteiger partial charge in [-0.1, -0.05) is 6.08 Å². The highest BCUT2D eigenvalue weighted by molar-refractivity contribution is 9.11. The fourth-order valence-corrected chi connectivity index (χ4v) is 1.17. The number of allylic oxidation sites excluding steroid dienone is 3. The van der Waals surface area contributed by atoms with Crippen molar-refractivity contribution in [2.45, 2.75) is 12.8 Å². The standard InChI is InChI=1S/C7H5BrF3O/c8-5-3-1-2-4-6(5)12-7(9,10)11/h1,3-4H,2H2. The molecule has 67 valence electrons. The summed E-state index contributed by atoms with van der Waals surface area (Å²) in [5.74, 6) is -0.176. The van der Waals surface area contributed by atoms with Crippen LogP contribution < -0.4 is 0 Å². The maximum atomic E-state index is 11.7. The van der Waals surface area contributed by atoms with Gasteiger partial charge in [-0.3, -0.25) is 0 Å². The third kappa shape index (κ3) is 2.89. The lowest BCUT2D eigenvalue weighted by atomic mass is 10.2. The lowest BCUT2D eigenvalue weighted by Gasteiger charge is -2.14. The summed E-state index contributed by atoms with van der Waals surface area (Å²) in [5.41, 5.74) is 0. The van der Waals surface area contributed by atoms with E-state index in [0.29, 0.717) is 10.9 Å². The molecule has 1 aliphatic carbocycles. The number of halogens is 4. The van der Waals surface area contributed by atoms with E-state index in [2.05, 4.69) is 20.7 Å². The predicted octanol–water partition coefficient (Wildman–Crippen LogP) is 3.29. The number of ether oxygens (including phenoxy) is 1. The van der Waals surface area contributed by atoms with Crippen molar-refractivity contribution in [2.75, 3.05) is 0 Å². The first-order valence-electron chi connectivity index (χ1n) is 3.14. The van der Waals surface area contributed by atoms with Crippen molar-refractivity contribution in [1.29, 1.82) is 0 Å². The fraction of sp³-hybridized carbons (Fsp3) is 0.286. The molecule has 0 atom stereocenters. The van der Waals surface area contributed by atoms with Gasteiger partial charge >= 0.3 is 6.36 Å². The summed E-state index contributed by atoms with van der Waals surface area (Å²) in [5, 5.41) is 0. The third-order valence-corrected chi connectivity index (χ3v) is 1.82. The normalized spacial score (nSPS) is 18.3. The summed E-state index contributed by atoms with van der Waals surface area (Å²) < 4.78 is 39.1. The largest absolute Gasteiger partial charge is 0.573 e. The van der Waals surface area contributed by atoms with E-state index in [-0.39, 0.29) is 5.76 Å². The quantitative estimate of drug-likeness (QED) is 0.685. The minimum Gasteiger partial charge on any atom is -0.405 e. The van der Waals surface area contributed by atoms with Gasteiger partial charge in [0, 0.05) is 0 Å². The topological polar surface area (TPSA) is 9.23 Å². The van der Waals surface area contributed by atoms with E-state index in [1.165, 1.54) is 12.2 Å². The summed E-state index contributed by atoms with van der Waals surface area (Å²) in [6.07, 6.45) is 0.461. The zero-order valence-corrected chi connectivity index (χ0v) is 7.45. The maximum Gasteiger partial charge on any atom is 0.573 e. The summed E-state index contributed by atoms with van der Waals surface area (Å²) in [4.78, 5) is 0. The molecule has 0 spiro atoms. The second-order valence-electron chi connectivity index (χ2n) is 2.10. The van der Waals surface area contributed by atoms with Crippen molar-refractivity contribution >= 4 is 15.9 Å². The minimum absolute atomic E-state index is 0.176. The van der Waals surface area contributed by atoms with Crippen molar-refractivity contribution in [3.63, 3.8) is 0 Å². The van der Waals surface area contributed by atoms with E-state index in [1.807, 2.05) is 0 Å². The van der Waals surface area contributed by atoms with E-state index < -0.39 is 6.36 Å². The van der Waals surface area contributed by atoms with Crippen LogP contribution in [0.15, 0.2) is 22.4 Å². The lowest BCUT2D eigenvalue weighted by molar-refractivity contribution is -0.303. The molecule has 0 aromatic carbocycles. The summed E-state index contributed by atoms with van der Waals surface area (Å²) >= 11 is 2.94. The molecular weight excluding hydrogens is 237 g/mol. The van der Waals surface area contributed by atoms with Gasteiger partial charge in [0.1, 0.15) is 5.76 Å². The van der Waals surface area contributed by atoms with Crippen LogP contribution in [-0.4, -0.2) is 6.36 Å². The first kappa shape index (κ1) is 9.64. The molecule has 0 aromatic heterocycles. The molecule has 1 aliphatic rings. The smallest absolute Gasteiger partial charge is 0.405 e. The van der Waals surface area contributed by atoms with Gasteiger partial charge in [-0.25, -0.2) is 0 Å². The molecule has 0 aromatic rings. The minimum atomic E-state index is -4.62. The first-order chi connectivity index (χ1) is 5.49. The van der Waals surface area contributed by atoms with Crippen molar-refractivity contribution in [2.24, 2.45) is 0 Å². The zero-order chi connectivity index (χ0) is 9.19. The predicted molar refractivity (Wildman–Crippen MR) is 41.2 cm³/mol. The SMILES string of the molecule is FC(F)(F)OC1=CC[CH]C=C1Br. The molecule has 5 heteroatoms. The Kier molecular flexibility index (Phi) is 2.82. The lowest BCUT2D eigenvalue weighted by Crippen LogP contribution is -2.13. The molecule has 0 bridgehead atoms. The Bertz CT molecular complexity index is 229. The Morgan fingerprint density at radius 1 is 1.42 bits per heavy atom. The van der Waals surface area contributed by atoms with Gasteiger partial charge in [-0.2, -0.15) is 0 Å². The van der Waals surface area contributed by atoms with E-state index in [4.69, 9.17) is 0 Å². The molecule has 0 amide bonds. The molecule has 0 aliphatic heterocycles. The van der Waals surface area contributed by atoms with Crippen LogP contribution in [-0.2, 0) is 4.74 Å². The fourth-order valence-electron chi connectivity index (χ4n) is 0.741. The van der Waals surface area contributed by atoms with Crippen LogP contribution in [0.1, 0.15) is 6.42 Å². The number of rotatable bonds is 1. The molecular formula is C7H5BrF3O. The Morgan fingerprint density at radius 2 is 2.08 bits per heavy atom. The van der Waals surface area contributed by atoms with Gasteiger partial charge in [0.25, 0.3) is 0 Å². The highest BCUT2D eigenvalue weighted by atomic mass is 79.9. The van der Waals surface area contributed by atoms with Crippen LogP contribution in [0.3, 0.4) is 0 Å². The van der Waals surface area contributed by atoms with E-state index in [9.17, 15) is 13.2 Å². The molecule has 0 fully saturated rings. The Labute approximate surface area is 76.0 Å². The number of hydrogen-bond donors (Lipinski definition) is 0. The summed E-state index contributed by atoms with van der Waals surface area (Å²) in [6.45, 7) is 0. The van der Waals surface area contributed by atoms with Crippen LogP contribution in [0.4, 0.5) is 13.2 Å². The van der Waals surface area contributed by atoms with E-state index in [1.54, 1.807) is 6.42 Å². The molecule has 12 heavy (non-hydrogen) atoms. The Hall–Kier alpha value is -0.450. The van der Waals surface area contributed by atoms with Crippen LogP contribution in [0.2, 0.25) is 0 Å². The molecule has 1 rings (SSSR count). The number of hydrogen-bond acceptors (Lipinski definition) is 1. The first-order valence-corrected chi connectivity index (χ1v) is 3.93. The second kappa shape index (κ2) is 3.51. The zero-order valence-electron chi connectivity index (χ0n) is 5.86. The van der Waals surface area contributed by atoms with Gasteiger partial charge in [0.2, 0.25) is 0 Å². The van der Waals surface area contributed by atoms with Crippen LogP contribution >= 0.6 is 15.9 Å². The van der Waals surface area contributed by atoms with Crippen molar-refractivity contribution in [1.82, 2.24) is 0 Å². The average Bonchev–Trinajstić information content (AvgIpc) is 1.91. The highest BCUT2D eigenvalue weighted by Gasteiger charge is 2.32. The van der Waals surface area contributed by atoms with Crippen molar-refractivity contribution < 1.29 is 17.9 Å². The van der Waals surface area contributed by atoms with Crippen LogP contribution in [0, 0.1) is 6.42 Å². The number of alkyl halides is 3. The highest BCUT2D eigenvalue weighted by Crippen LogP contribution is 2.30. The summed E-state index contributed by atoms with van der Waals surface area (Å²) in [7, 11) is 0. The average molecular weight is 242 g/mol.